The fraction of sp³-hybridized carbons (Fsp3) is 0.235. The molecule has 7 heteroatoms. The van der Waals surface area contributed by atoms with Crippen molar-refractivity contribution in [3.8, 4) is 11.5 Å². The van der Waals surface area contributed by atoms with Gasteiger partial charge in [-0.3, -0.25) is 4.79 Å². The molecule has 0 radical (unpaired) electrons. The molecular formula is C17H16ClF2NO3. The summed E-state index contributed by atoms with van der Waals surface area (Å²) >= 11 is 5.92. The van der Waals surface area contributed by atoms with E-state index >= 15 is 0 Å². The first kappa shape index (κ1) is 18.0. The summed E-state index contributed by atoms with van der Waals surface area (Å²) in [6.07, 6.45) is 0. The highest BCUT2D eigenvalue weighted by Crippen LogP contribution is 2.27. The molecule has 4 nitrogen and oxygen atoms in total. The molecule has 2 rings (SSSR count). The van der Waals surface area contributed by atoms with Crippen molar-refractivity contribution in [2.75, 3.05) is 11.9 Å². The molecule has 1 amide bonds. The van der Waals surface area contributed by atoms with Gasteiger partial charge >= 0.3 is 6.61 Å². The van der Waals surface area contributed by atoms with Crippen LogP contribution in [0.3, 0.4) is 0 Å². The van der Waals surface area contributed by atoms with Crippen LogP contribution in [0, 0.1) is 13.8 Å². The topological polar surface area (TPSA) is 47.6 Å². The molecule has 0 spiro atoms. The Hall–Kier alpha value is -2.34. The Morgan fingerprint density at radius 2 is 2.00 bits per heavy atom. The van der Waals surface area contributed by atoms with Gasteiger partial charge in [-0.05, 0) is 49.7 Å². The molecule has 0 fully saturated rings. The molecule has 0 heterocycles. The zero-order valence-electron chi connectivity index (χ0n) is 13.1. The summed E-state index contributed by atoms with van der Waals surface area (Å²) in [5, 5.41) is 3.21. The number of amides is 1. The van der Waals surface area contributed by atoms with Gasteiger partial charge in [-0.15, -0.1) is 0 Å². The molecule has 0 unspecified atom stereocenters. The Bertz CT molecular complexity index is 738. The first-order valence-corrected chi connectivity index (χ1v) is 7.48. The van der Waals surface area contributed by atoms with Gasteiger partial charge in [-0.1, -0.05) is 17.7 Å². The molecule has 24 heavy (non-hydrogen) atoms. The van der Waals surface area contributed by atoms with Gasteiger partial charge in [0.15, 0.2) is 6.61 Å². The first-order chi connectivity index (χ1) is 11.4. The average Bonchev–Trinajstić information content (AvgIpc) is 2.52. The van der Waals surface area contributed by atoms with Crippen LogP contribution in [0.2, 0.25) is 5.02 Å². The van der Waals surface area contributed by atoms with Gasteiger partial charge in [0.1, 0.15) is 11.5 Å². The van der Waals surface area contributed by atoms with Crippen molar-refractivity contribution in [2.24, 2.45) is 0 Å². The number of benzene rings is 2. The molecule has 0 aromatic heterocycles. The van der Waals surface area contributed by atoms with Gasteiger partial charge in [-0.2, -0.15) is 8.78 Å². The molecule has 2 aromatic rings. The zero-order chi connectivity index (χ0) is 17.7. The number of carbonyl (C=O) groups excluding carboxylic acids is 1. The molecule has 1 N–H and O–H groups in total. The summed E-state index contributed by atoms with van der Waals surface area (Å²) in [4.78, 5) is 12.0. The van der Waals surface area contributed by atoms with Gasteiger partial charge in [-0.25, -0.2) is 0 Å². The standard InChI is InChI=1S/C17H16ClF2NO3/c1-10-8-12(6-7-13(10)18)23-9-16(22)21-14-4-3-5-15(11(14)2)24-17(19)20/h3-8,17H,9H2,1-2H3,(H,21,22). The second-order valence-electron chi connectivity index (χ2n) is 5.06. The zero-order valence-corrected chi connectivity index (χ0v) is 13.9. The Balaban J connectivity index is 1.98. The van der Waals surface area contributed by atoms with Crippen LogP contribution in [-0.4, -0.2) is 19.1 Å². The minimum absolute atomic E-state index is 0.0112. The van der Waals surface area contributed by atoms with Crippen molar-refractivity contribution in [1.82, 2.24) is 0 Å². The first-order valence-electron chi connectivity index (χ1n) is 7.10. The van der Waals surface area contributed by atoms with Crippen LogP contribution in [0.5, 0.6) is 11.5 Å². The van der Waals surface area contributed by atoms with Crippen LogP contribution < -0.4 is 14.8 Å². The van der Waals surface area contributed by atoms with Crippen LogP contribution in [0.4, 0.5) is 14.5 Å². The largest absolute Gasteiger partial charge is 0.484 e. The van der Waals surface area contributed by atoms with Crippen LogP contribution in [0.25, 0.3) is 0 Å². The fourth-order valence-electron chi connectivity index (χ4n) is 2.02. The van der Waals surface area contributed by atoms with E-state index in [9.17, 15) is 13.6 Å². The maximum Gasteiger partial charge on any atom is 0.387 e. The van der Waals surface area contributed by atoms with E-state index < -0.39 is 12.5 Å². The van der Waals surface area contributed by atoms with Gasteiger partial charge in [0.05, 0.1) is 0 Å². The van der Waals surface area contributed by atoms with E-state index in [2.05, 4.69) is 10.1 Å². The van der Waals surface area contributed by atoms with Crippen molar-refractivity contribution < 1.29 is 23.0 Å². The summed E-state index contributed by atoms with van der Waals surface area (Å²) in [7, 11) is 0. The Labute approximate surface area is 143 Å². The highest BCUT2D eigenvalue weighted by molar-refractivity contribution is 6.31. The van der Waals surface area contributed by atoms with Crippen LogP contribution in [-0.2, 0) is 4.79 Å². The highest BCUT2D eigenvalue weighted by atomic mass is 35.5. The van der Waals surface area contributed by atoms with Gasteiger partial charge < -0.3 is 14.8 Å². The lowest BCUT2D eigenvalue weighted by atomic mass is 10.2. The fourth-order valence-corrected chi connectivity index (χ4v) is 2.13. The van der Waals surface area contributed by atoms with E-state index in [1.165, 1.54) is 12.1 Å². The molecule has 128 valence electrons. The van der Waals surface area contributed by atoms with Gasteiger partial charge in [0.25, 0.3) is 5.91 Å². The molecule has 2 aromatic carbocycles. The third-order valence-corrected chi connectivity index (χ3v) is 3.70. The number of alkyl halides is 2. The van der Waals surface area contributed by atoms with Crippen LogP contribution in [0.15, 0.2) is 36.4 Å². The van der Waals surface area contributed by atoms with Crippen LogP contribution >= 0.6 is 11.6 Å². The maximum absolute atomic E-state index is 12.3. The van der Waals surface area contributed by atoms with E-state index in [1.807, 2.05) is 6.92 Å². The minimum Gasteiger partial charge on any atom is -0.484 e. The molecule has 0 aliphatic heterocycles. The number of hydrogen-bond donors (Lipinski definition) is 1. The second kappa shape index (κ2) is 7.97. The maximum atomic E-state index is 12.3. The molecule has 0 aliphatic carbocycles. The predicted molar refractivity (Wildman–Crippen MR) is 88.1 cm³/mol. The molecule has 0 saturated carbocycles. The summed E-state index contributed by atoms with van der Waals surface area (Å²) in [5.74, 6) is 0.107. The van der Waals surface area contributed by atoms with Gasteiger partial charge in [0, 0.05) is 16.3 Å². The van der Waals surface area contributed by atoms with Gasteiger partial charge in [0.2, 0.25) is 0 Å². The third-order valence-electron chi connectivity index (χ3n) is 3.27. The van der Waals surface area contributed by atoms with E-state index in [0.29, 0.717) is 22.0 Å². The number of halogens is 3. The van der Waals surface area contributed by atoms with E-state index in [-0.39, 0.29) is 12.4 Å². The van der Waals surface area contributed by atoms with Crippen molar-refractivity contribution in [2.45, 2.75) is 20.5 Å². The number of ether oxygens (including phenoxy) is 2. The number of nitrogens with one attached hydrogen (secondary N) is 1. The normalized spacial score (nSPS) is 10.6. The average molecular weight is 356 g/mol. The number of rotatable bonds is 6. The van der Waals surface area contributed by atoms with E-state index in [1.54, 1.807) is 31.2 Å². The Morgan fingerprint density at radius 3 is 2.67 bits per heavy atom. The van der Waals surface area contributed by atoms with Crippen molar-refractivity contribution in [1.29, 1.82) is 0 Å². The van der Waals surface area contributed by atoms with Crippen molar-refractivity contribution in [3.63, 3.8) is 0 Å². The summed E-state index contributed by atoms with van der Waals surface area (Å²) in [6.45, 7) is 0.260. The van der Waals surface area contributed by atoms with Crippen molar-refractivity contribution in [3.05, 3.63) is 52.5 Å². The second-order valence-corrected chi connectivity index (χ2v) is 5.46. The molecule has 0 bridgehead atoms. The van der Waals surface area contributed by atoms with E-state index in [0.717, 1.165) is 5.56 Å². The summed E-state index contributed by atoms with van der Waals surface area (Å²) in [6, 6.07) is 9.58. The predicted octanol–water partition coefficient (Wildman–Crippen LogP) is 4.58. The van der Waals surface area contributed by atoms with Crippen LogP contribution in [0.1, 0.15) is 11.1 Å². The number of carbonyl (C=O) groups is 1. The minimum atomic E-state index is -2.92. The molecular weight excluding hydrogens is 340 g/mol. The molecule has 0 atom stereocenters. The lowest BCUT2D eigenvalue weighted by Gasteiger charge is -2.13. The monoisotopic (exact) mass is 355 g/mol. The highest BCUT2D eigenvalue weighted by Gasteiger charge is 2.12. The number of aryl methyl sites for hydroxylation is 1. The quantitative estimate of drug-likeness (QED) is 0.825. The smallest absolute Gasteiger partial charge is 0.387 e. The third kappa shape index (κ3) is 4.83. The molecule has 0 saturated heterocycles. The summed E-state index contributed by atoms with van der Waals surface area (Å²) in [5.41, 5.74) is 1.63. The van der Waals surface area contributed by atoms with E-state index in [4.69, 9.17) is 16.3 Å². The number of hydrogen-bond acceptors (Lipinski definition) is 3. The Kier molecular flexibility index (Phi) is 5.98. The lowest BCUT2D eigenvalue weighted by molar-refractivity contribution is -0.118. The lowest BCUT2D eigenvalue weighted by Crippen LogP contribution is -2.20. The Morgan fingerprint density at radius 1 is 1.25 bits per heavy atom. The number of anilines is 1. The summed E-state index contributed by atoms with van der Waals surface area (Å²) < 4.78 is 34.4. The SMILES string of the molecule is Cc1cc(OCC(=O)Nc2cccc(OC(F)F)c2C)ccc1Cl. The molecule has 0 aliphatic rings. The van der Waals surface area contributed by atoms with Crippen molar-refractivity contribution >= 4 is 23.2 Å².